The van der Waals surface area contributed by atoms with Crippen LogP contribution < -0.4 is 15.0 Å². The molecule has 4 nitrogen and oxygen atoms in total. The molecule has 0 aliphatic rings. The van der Waals surface area contributed by atoms with E-state index in [0.29, 0.717) is 0 Å². The molecular weight excluding hydrogens is 276 g/mol. The van der Waals surface area contributed by atoms with Gasteiger partial charge in [0.05, 0.1) is 7.11 Å². The predicted molar refractivity (Wildman–Crippen MR) is 91.4 cm³/mol. The molecule has 0 saturated carbocycles. The van der Waals surface area contributed by atoms with Gasteiger partial charge >= 0.3 is 0 Å². The average molecular weight is 296 g/mol. The summed E-state index contributed by atoms with van der Waals surface area (Å²) in [5, 5.41) is 2.83. The Morgan fingerprint density at radius 2 is 1.77 bits per heavy atom. The van der Waals surface area contributed by atoms with Gasteiger partial charge in [0.1, 0.15) is 5.75 Å². The van der Waals surface area contributed by atoms with Crippen LogP contribution in [0.1, 0.15) is 5.56 Å². The van der Waals surface area contributed by atoms with Crippen molar-refractivity contribution in [2.24, 2.45) is 0 Å². The van der Waals surface area contributed by atoms with Gasteiger partial charge in [-0.1, -0.05) is 18.2 Å². The van der Waals surface area contributed by atoms with Crippen molar-refractivity contribution in [3.05, 3.63) is 60.2 Å². The first-order valence-corrected chi connectivity index (χ1v) is 6.99. The van der Waals surface area contributed by atoms with Crippen LogP contribution in [0, 0.1) is 0 Å². The highest BCUT2D eigenvalue weighted by molar-refractivity contribution is 6.02. The van der Waals surface area contributed by atoms with Gasteiger partial charge in [-0.15, -0.1) is 0 Å². The van der Waals surface area contributed by atoms with Crippen LogP contribution in [0.25, 0.3) is 6.08 Å². The Bertz CT molecular complexity index is 661. The van der Waals surface area contributed by atoms with Crippen LogP contribution in [0.5, 0.6) is 5.75 Å². The third-order valence-corrected chi connectivity index (χ3v) is 3.20. The van der Waals surface area contributed by atoms with E-state index in [-0.39, 0.29) is 5.91 Å². The summed E-state index contributed by atoms with van der Waals surface area (Å²) in [5.74, 6) is 0.561. The van der Waals surface area contributed by atoms with Gasteiger partial charge in [-0.3, -0.25) is 4.79 Å². The van der Waals surface area contributed by atoms with Gasteiger partial charge in [0.2, 0.25) is 5.91 Å². The molecule has 0 aliphatic carbocycles. The number of carbonyl (C=O) groups excluding carboxylic acids is 1. The lowest BCUT2D eigenvalue weighted by Gasteiger charge is -2.12. The summed E-state index contributed by atoms with van der Waals surface area (Å²) < 4.78 is 5.24. The topological polar surface area (TPSA) is 41.6 Å². The number of carbonyl (C=O) groups is 1. The Morgan fingerprint density at radius 3 is 2.41 bits per heavy atom. The molecule has 0 radical (unpaired) electrons. The van der Waals surface area contributed by atoms with Gasteiger partial charge in [0.15, 0.2) is 0 Å². The number of ether oxygens (including phenoxy) is 1. The highest BCUT2D eigenvalue weighted by Crippen LogP contribution is 2.19. The van der Waals surface area contributed by atoms with Crippen molar-refractivity contribution in [2.75, 3.05) is 31.4 Å². The summed E-state index contributed by atoms with van der Waals surface area (Å²) in [4.78, 5) is 14.0. The fourth-order valence-corrected chi connectivity index (χ4v) is 2.00. The normalized spacial score (nSPS) is 10.5. The molecule has 0 bridgehead atoms. The Morgan fingerprint density at radius 1 is 1.09 bits per heavy atom. The summed E-state index contributed by atoms with van der Waals surface area (Å²) in [6, 6.07) is 15.2. The van der Waals surface area contributed by atoms with Crippen molar-refractivity contribution in [3.8, 4) is 5.75 Å². The minimum Gasteiger partial charge on any atom is -0.496 e. The van der Waals surface area contributed by atoms with Crippen LogP contribution >= 0.6 is 0 Å². The van der Waals surface area contributed by atoms with Crippen molar-refractivity contribution in [1.29, 1.82) is 0 Å². The van der Waals surface area contributed by atoms with Crippen LogP contribution in [-0.2, 0) is 4.79 Å². The Hall–Kier alpha value is -2.75. The Labute approximate surface area is 131 Å². The molecule has 0 spiro atoms. The highest BCUT2D eigenvalue weighted by atomic mass is 16.5. The second-order valence-electron chi connectivity index (χ2n) is 5.01. The van der Waals surface area contributed by atoms with Crippen LogP contribution in [0.4, 0.5) is 11.4 Å². The van der Waals surface area contributed by atoms with E-state index in [4.69, 9.17) is 4.74 Å². The van der Waals surface area contributed by atoms with E-state index in [1.807, 2.05) is 67.5 Å². The van der Waals surface area contributed by atoms with Gasteiger partial charge in [0.25, 0.3) is 0 Å². The zero-order valence-electron chi connectivity index (χ0n) is 13.0. The summed E-state index contributed by atoms with van der Waals surface area (Å²) in [5.41, 5.74) is 2.71. The third kappa shape index (κ3) is 4.12. The number of rotatable bonds is 5. The number of amides is 1. The molecule has 0 fully saturated rings. The molecule has 0 aliphatic heterocycles. The average Bonchev–Trinajstić information content (AvgIpc) is 2.53. The first kappa shape index (κ1) is 15.6. The summed E-state index contributed by atoms with van der Waals surface area (Å²) in [6.45, 7) is 0. The second-order valence-corrected chi connectivity index (χ2v) is 5.01. The van der Waals surface area contributed by atoms with E-state index in [2.05, 4.69) is 5.32 Å². The van der Waals surface area contributed by atoms with Crippen LogP contribution in [0.3, 0.4) is 0 Å². The summed E-state index contributed by atoms with van der Waals surface area (Å²) in [6.07, 6.45) is 3.24. The number of para-hydroxylation sites is 1. The molecule has 0 heterocycles. The maximum absolute atomic E-state index is 12.0. The van der Waals surface area contributed by atoms with Crippen LogP contribution in [-0.4, -0.2) is 27.1 Å². The number of nitrogens with one attached hydrogen (secondary N) is 1. The highest BCUT2D eigenvalue weighted by Gasteiger charge is 2.01. The fourth-order valence-electron chi connectivity index (χ4n) is 2.00. The van der Waals surface area contributed by atoms with Crippen molar-refractivity contribution < 1.29 is 9.53 Å². The zero-order chi connectivity index (χ0) is 15.9. The summed E-state index contributed by atoms with van der Waals surface area (Å²) >= 11 is 0. The van der Waals surface area contributed by atoms with E-state index < -0.39 is 0 Å². The van der Waals surface area contributed by atoms with Crippen LogP contribution in [0.15, 0.2) is 54.6 Å². The first-order valence-electron chi connectivity index (χ1n) is 6.99. The monoisotopic (exact) mass is 296 g/mol. The molecule has 114 valence electrons. The SMILES string of the molecule is COc1ccccc1C=CC(=O)Nc1ccc(N(C)C)cc1. The largest absolute Gasteiger partial charge is 0.496 e. The number of hydrogen-bond acceptors (Lipinski definition) is 3. The Kier molecular flexibility index (Phi) is 5.20. The van der Waals surface area contributed by atoms with E-state index in [0.717, 1.165) is 22.7 Å². The molecule has 2 aromatic rings. The lowest BCUT2D eigenvalue weighted by atomic mass is 10.2. The van der Waals surface area contributed by atoms with Crippen molar-refractivity contribution in [1.82, 2.24) is 0 Å². The number of anilines is 2. The van der Waals surface area contributed by atoms with E-state index >= 15 is 0 Å². The van der Waals surface area contributed by atoms with Gasteiger partial charge in [0, 0.05) is 37.1 Å². The fraction of sp³-hybridized carbons (Fsp3) is 0.167. The molecular formula is C18H20N2O2. The van der Waals surface area contributed by atoms with Gasteiger partial charge in [-0.2, -0.15) is 0 Å². The van der Waals surface area contributed by atoms with Crippen molar-refractivity contribution >= 4 is 23.4 Å². The molecule has 2 aromatic carbocycles. The molecule has 1 N–H and O–H groups in total. The molecule has 2 rings (SSSR count). The lowest BCUT2D eigenvalue weighted by molar-refractivity contribution is -0.111. The number of benzene rings is 2. The quantitative estimate of drug-likeness (QED) is 0.860. The molecule has 1 amide bonds. The standard InChI is InChI=1S/C18H20N2O2/c1-20(2)16-11-9-15(10-12-16)19-18(21)13-8-14-6-4-5-7-17(14)22-3/h4-13H,1-3H3,(H,19,21). The number of nitrogens with zero attached hydrogens (tertiary/aromatic N) is 1. The molecule has 22 heavy (non-hydrogen) atoms. The van der Waals surface area contributed by atoms with Crippen molar-refractivity contribution in [3.63, 3.8) is 0 Å². The maximum atomic E-state index is 12.0. The second kappa shape index (κ2) is 7.31. The zero-order valence-corrected chi connectivity index (χ0v) is 13.0. The molecule has 0 unspecified atom stereocenters. The van der Waals surface area contributed by atoms with E-state index in [1.165, 1.54) is 6.08 Å². The predicted octanol–water partition coefficient (Wildman–Crippen LogP) is 3.41. The smallest absolute Gasteiger partial charge is 0.248 e. The summed E-state index contributed by atoms with van der Waals surface area (Å²) in [7, 11) is 5.56. The van der Waals surface area contributed by atoms with Gasteiger partial charge in [-0.25, -0.2) is 0 Å². The number of methoxy groups -OCH3 is 1. The van der Waals surface area contributed by atoms with Crippen molar-refractivity contribution in [2.45, 2.75) is 0 Å². The number of hydrogen-bond donors (Lipinski definition) is 1. The molecule has 0 aromatic heterocycles. The minimum absolute atomic E-state index is 0.177. The molecule has 0 saturated heterocycles. The first-order chi connectivity index (χ1) is 10.6. The molecule has 0 atom stereocenters. The Balaban J connectivity index is 2.02. The minimum atomic E-state index is -0.177. The van der Waals surface area contributed by atoms with Crippen LogP contribution in [0.2, 0.25) is 0 Å². The molecule has 4 heteroatoms. The van der Waals surface area contributed by atoms with Gasteiger partial charge < -0.3 is 15.0 Å². The lowest BCUT2D eigenvalue weighted by Crippen LogP contribution is -2.10. The van der Waals surface area contributed by atoms with E-state index in [9.17, 15) is 4.79 Å². The third-order valence-electron chi connectivity index (χ3n) is 3.20. The van der Waals surface area contributed by atoms with Gasteiger partial charge in [-0.05, 0) is 36.4 Å². The maximum Gasteiger partial charge on any atom is 0.248 e. The van der Waals surface area contributed by atoms with E-state index in [1.54, 1.807) is 13.2 Å².